The average Bonchev–Trinajstić information content (AvgIpc) is 2.74. The molecule has 0 aliphatic carbocycles. The topological polar surface area (TPSA) is 126 Å². The van der Waals surface area contributed by atoms with Crippen LogP contribution in [0.3, 0.4) is 0 Å². The zero-order valence-corrected chi connectivity index (χ0v) is 16.2. The van der Waals surface area contributed by atoms with E-state index in [0.29, 0.717) is 22.7 Å². The average molecular weight is 410 g/mol. The number of hydrogen-bond donors (Lipinski definition) is 1. The molecule has 0 fully saturated rings. The summed E-state index contributed by atoms with van der Waals surface area (Å²) in [4.78, 5) is 30.8. The Labute approximate surface area is 171 Å². The van der Waals surface area contributed by atoms with Crippen LogP contribution in [0.5, 0.6) is 17.4 Å². The van der Waals surface area contributed by atoms with Gasteiger partial charge in [0.15, 0.2) is 0 Å². The molecule has 10 heteroatoms. The molecule has 0 unspecified atom stereocenters. The smallest absolute Gasteiger partial charge is 0.373 e. The van der Waals surface area contributed by atoms with Gasteiger partial charge in [-0.3, -0.25) is 10.1 Å². The zero-order chi connectivity index (χ0) is 21.5. The van der Waals surface area contributed by atoms with Crippen LogP contribution in [-0.2, 0) is 4.74 Å². The van der Waals surface area contributed by atoms with E-state index in [9.17, 15) is 14.9 Å². The minimum Gasteiger partial charge on any atom is -0.497 e. The van der Waals surface area contributed by atoms with Crippen molar-refractivity contribution < 1.29 is 23.9 Å². The van der Waals surface area contributed by atoms with E-state index in [1.165, 1.54) is 13.2 Å². The van der Waals surface area contributed by atoms with Gasteiger partial charge in [-0.2, -0.15) is 4.98 Å². The number of esters is 1. The first-order valence-electron chi connectivity index (χ1n) is 8.87. The van der Waals surface area contributed by atoms with Crippen LogP contribution in [0.4, 0.5) is 17.2 Å². The van der Waals surface area contributed by atoms with Crippen LogP contribution in [-0.4, -0.2) is 34.6 Å². The van der Waals surface area contributed by atoms with E-state index in [4.69, 9.17) is 14.2 Å². The Morgan fingerprint density at radius 2 is 1.87 bits per heavy atom. The van der Waals surface area contributed by atoms with Crippen molar-refractivity contribution in [3.05, 3.63) is 70.5 Å². The molecule has 10 nitrogen and oxygen atoms in total. The molecule has 0 aliphatic heterocycles. The van der Waals surface area contributed by atoms with Crippen molar-refractivity contribution in [2.24, 2.45) is 0 Å². The highest BCUT2D eigenvalue weighted by atomic mass is 16.6. The highest BCUT2D eigenvalue weighted by molar-refractivity contribution is 5.90. The SMILES string of the molecule is CCOC(=O)c1cccc(Nc2ncnc(Oc3ccc(OC)cc3)c2[N+](=O)[O-])c1. The maximum atomic E-state index is 11.9. The van der Waals surface area contributed by atoms with Crippen LogP contribution < -0.4 is 14.8 Å². The van der Waals surface area contributed by atoms with Crippen molar-refractivity contribution in [3.63, 3.8) is 0 Å². The summed E-state index contributed by atoms with van der Waals surface area (Å²) in [7, 11) is 1.53. The Kier molecular flexibility index (Phi) is 6.38. The van der Waals surface area contributed by atoms with Crippen molar-refractivity contribution in [3.8, 4) is 17.4 Å². The summed E-state index contributed by atoms with van der Waals surface area (Å²) in [5.74, 6) is 0.141. The van der Waals surface area contributed by atoms with Gasteiger partial charge in [0.25, 0.3) is 0 Å². The van der Waals surface area contributed by atoms with Crippen LogP contribution in [0, 0.1) is 10.1 Å². The van der Waals surface area contributed by atoms with Gasteiger partial charge in [-0.15, -0.1) is 0 Å². The molecule has 0 spiro atoms. The normalized spacial score (nSPS) is 10.2. The summed E-state index contributed by atoms with van der Waals surface area (Å²) in [6.07, 6.45) is 1.14. The molecule has 1 heterocycles. The molecule has 0 radical (unpaired) electrons. The third-order valence-electron chi connectivity index (χ3n) is 3.88. The first kappa shape index (κ1) is 20.5. The van der Waals surface area contributed by atoms with Gasteiger partial charge in [0, 0.05) is 5.69 Å². The number of methoxy groups -OCH3 is 1. The fourth-order valence-electron chi connectivity index (χ4n) is 2.52. The van der Waals surface area contributed by atoms with Crippen LogP contribution in [0.25, 0.3) is 0 Å². The van der Waals surface area contributed by atoms with Gasteiger partial charge >= 0.3 is 17.5 Å². The molecular weight excluding hydrogens is 392 g/mol. The lowest BCUT2D eigenvalue weighted by atomic mass is 10.2. The number of benzene rings is 2. The van der Waals surface area contributed by atoms with E-state index in [0.717, 1.165) is 6.33 Å². The third-order valence-corrected chi connectivity index (χ3v) is 3.88. The largest absolute Gasteiger partial charge is 0.497 e. The molecule has 2 aromatic carbocycles. The predicted octanol–water partition coefficient (Wildman–Crippen LogP) is 4.11. The molecule has 30 heavy (non-hydrogen) atoms. The van der Waals surface area contributed by atoms with Crippen molar-refractivity contribution in [1.29, 1.82) is 0 Å². The number of nitrogens with one attached hydrogen (secondary N) is 1. The predicted molar refractivity (Wildman–Crippen MR) is 107 cm³/mol. The van der Waals surface area contributed by atoms with E-state index < -0.39 is 16.6 Å². The molecule has 0 atom stereocenters. The fourth-order valence-corrected chi connectivity index (χ4v) is 2.52. The van der Waals surface area contributed by atoms with Gasteiger partial charge in [0.05, 0.1) is 24.2 Å². The molecular formula is C20H18N4O6. The highest BCUT2D eigenvalue weighted by Gasteiger charge is 2.25. The quantitative estimate of drug-likeness (QED) is 0.332. The van der Waals surface area contributed by atoms with Crippen molar-refractivity contribution >= 4 is 23.2 Å². The lowest BCUT2D eigenvalue weighted by Crippen LogP contribution is -2.06. The van der Waals surface area contributed by atoms with Gasteiger partial charge in [-0.25, -0.2) is 9.78 Å². The van der Waals surface area contributed by atoms with E-state index >= 15 is 0 Å². The van der Waals surface area contributed by atoms with Crippen LogP contribution in [0.1, 0.15) is 17.3 Å². The van der Waals surface area contributed by atoms with Gasteiger partial charge in [-0.1, -0.05) is 6.07 Å². The van der Waals surface area contributed by atoms with Gasteiger partial charge in [-0.05, 0) is 49.4 Å². The second-order valence-corrected chi connectivity index (χ2v) is 5.84. The summed E-state index contributed by atoms with van der Waals surface area (Å²) in [5.41, 5.74) is 0.265. The molecule has 3 rings (SSSR count). The second kappa shape index (κ2) is 9.32. The van der Waals surface area contributed by atoms with E-state index in [2.05, 4.69) is 15.3 Å². The van der Waals surface area contributed by atoms with E-state index in [-0.39, 0.29) is 18.3 Å². The molecule has 154 valence electrons. The number of nitro groups is 1. The van der Waals surface area contributed by atoms with E-state index in [1.54, 1.807) is 49.4 Å². The summed E-state index contributed by atoms with van der Waals surface area (Å²) in [6, 6.07) is 12.9. The summed E-state index contributed by atoms with van der Waals surface area (Å²) >= 11 is 0. The number of carbonyl (C=O) groups excluding carboxylic acids is 1. The van der Waals surface area contributed by atoms with Crippen LogP contribution in [0.15, 0.2) is 54.9 Å². The molecule has 1 aromatic heterocycles. The summed E-state index contributed by atoms with van der Waals surface area (Å²) < 4.78 is 15.6. The second-order valence-electron chi connectivity index (χ2n) is 5.84. The van der Waals surface area contributed by atoms with Gasteiger partial charge in [0.2, 0.25) is 5.82 Å². The zero-order valence-electron chi connectivity index (χ0n) is 16.2. The molecule has 0 aliphatic rings. The van der Waals surface area contributed by atoms with Gasteiger partial charge in [0.1, 0.15) is 17.8 Å². The molecule has 0 saturated carbocycles. The maximum Gasteiger partial charge on any atom is 0.373 e. The lowest BCUT2D eigenvalue weighted by Gasteiger charge is -2.10. The van der Waals surface area contributed by atoms with Crippen molar-refractivity contribution in [2.45, 2.75) is 6.92 Å². The number of ether oxygens (including phenoxy) is 3. The standard InChI is InChI=1S/C20H18N4O6/c1-3-29-20(25)13-5-4-6-14(11-13)23-18-17(24(26)27)19(22-12-21-18)30-16-9-7-15(28-2)8-10-16/h4-12H,3H2,1-2H3,(H,21,22,23). The fraction of sp³-hybridized carbons (Fsp3) is 0.150. The van der Waals surface area contributed by atoms with Crippen molar-refractivity contribution in [1.82, 2.24) is 9.97 Å². The number of nitrogens with zero attached hydrogens (tertiary/aromatic N) is 3. The highest BCUT2D eigenvalue weighted by Crippen LogP contribution is 2.35. The van der Waals surface area contributed by atoms with Crippen molar-refractivity contribution in [2.75, 3.05) is 19.0 Å². The molecule has 0 saturated heterocycles. The molecule has 3 aromatic rings. The lowest BCUT2D eigenvalue weighted by molar-refractivity contribution is -0.385. The Morgan fingerprint density at radius 1 is 1.13 bits per heavy atom. The summed E-state index contributed by atoms with van der Waals surface area (Å²) in [5, 5.41) is 14.5. The maximum absolute atomic E-state index is 11.9. The number of aromatic nitrogens is 2. The molecule has 0 bridgehead atoms. The molecule has 0 amide bonds. The Hall–Kier alpha value is -4.21. The minimum absolute atomic E-state index is 0.0838. The Bertz CT molecular complexity index is 1060. The molecule has 1 N–H and O–H groups in total. The number of hydrogen-bond acceptors (Lipinski definition) is 9. The van der Waals surface area contributed by atoms with Crippen LogP contribution >= 0.6 is 0 Å². The first-order chi connectivity index (χ1) is 14.5. The number of carbonyl (C=O) groups is 1. The van der Waals surface area contributed by atoms with Crippen LogP contribution in [0.2, 0.25) is 0 Å². The number of rotatable bonds is 8. The Morgan fingerprint density at radius 3 is 2.53 bits per heavy atom. The minimum atomic E-state index is -0.642. The Balaban J connectivity index is 1.90. The number of anilines is 2. The summed E-state index contributed by atoms with van der Waals surface area (Å²) in [6.45, 7) is 1.94. The monoisotopic (exact) mass is 410 g/mol. The first-order valence-corrected chi connectivity index (χ1v) is 8.87. The van der Waals surface area contributed by atoms with Gasteiger partial charge < -0.3 is 19.5 Å². The third kappa shape index (κ3) is 4.79. The van der Waals surface area contributed by atoms with E-state index in [1.807, 2.05) is 0 Å².